The molecule has 9 nitrogen and oxygen atoms in total. The maximum atomic E-state index is 13.7. The van der Waals surface area contributed by atoms with Gasteiger partial charge in [-0.3, -0.25) is 14.4 Å². The van der Waals surface area contributed by atoms with Crippen molar-refractivity contribution in [1.29, 1.82) is 0 Å². The van der Waals surface area contributed by atoms with Gasteiger partial charge in [0.25, 0.3) is 5.91 Å². The van der Waals surface area contributed by atoms with E-state index in [1.807, 2.05) is 19.9 Å². The lowest BCUT2D eigenvalue weighted by Crippen LogP contribution is -2.57. The molecule has 4 rings (SSSR count). The van der Waals surface area contributed by atoms with Crippen molar-refractivity contribution in [2.75, 3.05) is 6.61 Å². The molecule has 0 fully saturated rings. The molecule has 3 atom stereocenters. The molecular weight excluding hydrogens is 452 g/mol. The highest BCUT2D eigenvalue weighted by Gasteiger charge is 2.59. The van der Waals surface area contributed by atoms with Crippen LogP contribution in [-0.4, -0.2) is 50.7 Å². The van der Waals surface area contributed by atoms with Gasteiger partial charge in [0.2, 0.25) is 5.78 Å². The summed E-state index contributed by atoms with van der Waals surface area (Å²) < 4.78 is 0. The first-order chi connectivity index (χ1) is 16.4. The highest BCUT2D eigenvalue weighted by atomic mass is 16.6. The fourth-order valence-electron chi connectivity index (χ4n) is 5.48. The quantitative estimate of drug-likeness (QED) is 0.285. The number of aliphatic hydroxyl groups excluding tert-OH is 2. The normalized spacial score (nSPS) is 26.5. The number of hydrogen-bond donors (Lipinski definition) is 4. The summed E-state index contributed by atoms with van der Waals surface area (Å²) in [5, 5.41) is 37.0. The maximum Gasteiger partial charge on any atom is 0.255 e. The van der Waals surface area contributed by atoms with E-state index < -0.39 is 52.0 Å². The Morgan fingerprint density at radius 3 is 2.57 bits per heavy atom. The molecule has 1 amide bonds. The summed E-state index contributed by atoms with van der Waals surface area (Å²) in [7, 11) is 0. The fraction of sp³-hybridized carbons (Fsp3) is 0.462. The molecule has 0 bridgehead atoms. The SMILES string of the molecule is C/C(=N/OCC(C)C)c1ccc(C)c2c1C[C@H]1C[C@H]3CC(O)=C(C(N)=O)C(=O)[C@@]3(O)C(O)=C1C2=O. The summed E-state index contributed by atoms with van der Waals surface area (Å²) in [6, 6.07) is 3.66. The standard InChI is InChI=1S/C26H30N2O7/c1-11(2)10-35-28-13(4)16-6-5-12(3)19-17(16)8-14-7-15-9-18(29)21(25(27)33)24(32)26(15,34)23(31)20(14)22(19)30/h5-6,11,14-15,29,31,34H,7-10H2,1-4H3,(H2,27,33)/b28-13-/t14-,15+,26+/m1/s1. The lowest BCUT2D eigenvalue weighted by Gasteiger charge is -2.45. The van der Waals surface area contributed by atoms with E-state index in [0.717, 1.165) is 11.1 Å². The van der Waals surface area contributed by atoms with Crippen LogP contribution < -0.4 is 5.73 Å². The van der Waals surface area contributed by atoms with Crippen LogP contribution >= 0.6 is 0 Å². The summed E-state index contributed by atoms with van der Waals surface area (Å²) in [6.45, 7) is 8.05. The van der Waals surface area contributed by atoms with Crippen molar-refractivity contribution in [2.24, 2.45) is 28.6 Å². The molecule has 1 aromatic carbocycles. The number of hydrogen-bond acceptors (Lipinski definition) is 8. The molecule has 0 unspecified atom stereocenters. The molecule has 0 aromatic heterocycles. The van der Waals surface area contributed by atoms with Crippen LogP contribution in [0.15, 0.2) is 40.0 Å². The molecule has 186 valence electrons. The van der Waals surface area contributed by atoms with E-state index in [1.54, 1.807) is 19.9 Å². The number of fused-ring (bicyclic) bond motifs is 3. The van der Waals surface area contributed by atoms with Crippen molar-refractivity contribution in [3.05, 3.63) is 57.1 Å². The topological polar surface area (TPSA) is 160 Å². The van der Waals surface area contributed by atoms with Gasteiger partial charge in [0.05, 0.1) is 5.71 Å². The largest absolute Gasteiger partial charge is 0.511 e. The number of nitrogens with zero attached hydrogens (tertiary/aromatic N) is 1. The maximum absolute atomic E-state index is 13.7. The van der Waals surface area contributed by atoms with Crippen molar-refractivity contribution in [1.82, 2.24) is 0 Å². The van der Waals surface area contributed by atoms with Crippen LogP contribution in [0, 0.1) is 24.7 Å². The number of Topliss-reactive ketones (excluding diaryl/α,β-unsaturated/α-hetero) is 2. The first-order valence-corrected chi connectivity index (χ1v) is 11.7. The second-order valence-corrected chi connectivity index (χ2v) is 10.1. The van der Waals surface area contributed by atoms with Crippen molar-refractivity contribution in [2.45, 2.75) is 52.6 Å². The van der Waals surface area contributed by atoms with Crippen molar-refractivity contribution in [3.63, 3.8) is 0 Å². The summed E-state index contributed by atoms with van der Waals surface area (Å²) in [5.41, 5.74) is 5.14. The van der Waals surface area contributed by atoms with E-state index in [4.69, 9.17) is 10.6 Å². The number of benzene rings is 1. The van der Waals surface area contributed by atoms with Crippen LogP contribution in [0.4, 0.5) is 0 Å². The van der Waals surface area contributed by atoms with Gasteiger partial charge in [0, 0.05) is 29.0 Å². The number of nitrogens with two attached hydrogens (primary N) is 1. The first-order valence-electron chi connectivity index (χ1n) is 11.7. The van der Waals surface area contributed by atoms with Crippen molar-refractivity contribution < 1.29 is 34.5 Å². The number of amides is 1. The third kappa shape index (κ3) is 3.74. The molecule has 9 heteroatoms. The Morgan fingerprint density at radius 2 is 1.94 bits per heavy atom. The Hall–Kier alpha value is -3.46. The summed E-state index contributed by atoms with van der Waals surface area (Å²) in [5.74, 6) is -5.26. The minimum atomic E-state index is -2.50. The van der Waals surface area contributed by atoms with E-state index in [9.17, 15) is 29.7 Å². The van der Waals surface area contributed by atoms with Crippen LogP contribution in [0.2, 0.25) is 0 Å². The van der Waals surface area contributed by atoms with Gasteiger partial charge in [-0.05, 0) is 49.7 Å². The Bertz CT molecular complexity index is 1240. The second-order valence-electron chi connectivity index (χ2n) is 10.1. The molecule has 0 saturated heterocycles. The molecule has 0 radical (unpaired) electrons. The van der Waals surface area contributed by atoms with Gasteiger partial charge in [-0.2, -0.15) is 0 Å². The molecule has 0 spiro atoms. The minimum Gasteiger partial charge on any atom is -0.511 e. The fourth-order valence-corrected chi connectivity index (χ4v) is 5.48. The number of carbonyl (C=O) groups is 3. The molecule has 35 heavy (non-hydrogen) atoms. The van der Waals surface area contributed by atoms with Crippen LogP contribution in [0.3, 0.4) is 0 Å². The van der Waals surface area contributed by atoms with E-state index in [-0.39, 0.29) is 18.4 Å². The number of carbonyl (C=O) groups excluding carboxylic acids is 3. The Labute approximate surface area is 203 Å². The van der Waals surface area contributed by atoms with Gasteiger partial charge in [0.15, 0.2) is 11.4 Å². The van der Waals surface area contributed by atoms with Crippen LogP contribution in [-0.2, 0) is 20.8 Å². The van der Waals surface area contributed by atoms with E-state index >= 15 is 0 Å². The zero-order chi connectivity index (χ0) is 25.8. The van der Waals surface area contributed by atoms with Gasteiger partial charge in [-0.25, -0.2) is 0 Å². The Morgan fingerprint density at radius 1 is 1.26 bits per heavy atom. The zero-order valence-electron chi connectivity index (χ0n) is 20.2. The number of rotatable bonds is 5. The molecule has 5 N–H and O–H groups in total. The molecule has 3 aliphatic carbocycles. The Balaban J connectivity index is 1.82. The minimum absolute atomic E-state index is 0.0410. The van der Waals surface area contributed by atoms with Gasteiger partial charge >= 0.3 is 0 Å². The lowest BCUT2D eigenvalue weighted by atomic mass is 9.60. The predicted molar refractivity (Wildman–Crippen MR) is 127 cm³/mol. The Kier molecular flexibility index (Phi) is 6.09. The zero-order valence-corrected chi connectivity index (χ0v) is 20.2. The number of aliphatic hydroxyl groups is 3. The first kappa shape index (κ1) is 24.7. The predicted octanol–water partition coefficient (Wildman–Crippen LogP) is 2.58. The monoisotopic (exact) mass is 482 g/mol. The number of aryl methyl sites for hydroxylation is 1. The second kappa shape index (κ2) is 8.64. The van der Waals surface area contributed by atoms with Crippen molar-refractivity contribution in [3.8, 4) is 0 Å². The molecule has 1 aromatic rings. The average molecular weight is 483 g/mol. The number of primary amides is 1. The molecule has 0 heterocycles. The van der Waals surface area contributed by atoms with Gasteiger partial charge in [-0.15, -0.1) is 0 Å². The lowest BCUT2D eigenvalue weighted by molar-refractivity contribution is -0.144. The van der Waals surface area contributed by atoms with Crippen molar-refractivity contribution >= 4 is 23.2 Å². The number of ketones is 2. The van der Waals surface area contributed by atoms with Gasteiger partial charge in [0.1, 0.15) is 23.7 Å². The number of allylic oxidation sites excluding steroid dienone is 2. The summed E-state index contributed by atoms with van der Waals surface area (Å²) in [4.78, 5) is 43.9. The highest BCUT2D eigenvalue weighted by molar-refractivity contribution is 6.24. The van der Waals surface area contributed by atoms with E-state index in [0.29, 0.717) is 35.8 Å². The number of oxime groups is 1. The molecule has 0 aliphatic heterocycles. The van der Waals surface area contributed by atoms with Gasteiger partial charge < -0.3 is 25.9 Å². The van der Waals surface area contributed by atoms with Crippen LogP contribution in [0.1, 0.15) is 60.7 Å². The third-order valence-corrected chi connectivity index (χ3v) is 7.17. The van der Waals surface area contributed by atoms with Crippen LogP contribution in [0.5, 0.6) is 0 Å². The summed E-state index contributed by atoms with van der Waals surface area (Å²) >= 11 is 0. The van der Waals surface area contributed by atoms with E-state index in [1.165, 1.54) is 0 Å². The molecule has 3 aliphatic rings. The smallest absolute Gasteiger partial charge is 0.255 e. The third-order valence-electron chi connectivity index (χ3n) is 7.17. The molecular formula is C26H30N2O7. The highest BCUT2D eigenvalue weighted by Crippen LogP contribution is 2.51. The average Bonchev–Trinajstić information content (AvgIpc) is 2.75. The van der Waals surface area contributed by atoms with Crippen LogP contribution in [0.25, 0.3) is 0 Å². The van der Waals surface area contributed by atoms with E-state index in [2.05, 4.69) is 5.16 Å². The van der Waals surface area contributed by atoms with Gasteiger partial charge in [-0.1, -0.05) is 31.1 Å². The molecule has 0 saturated carbocycles. The summed E-state index contributed by atoms with van der Waals surface area (Å²) in [6.07, 6.45) is 0.290.